The van der Waals surface area contributed by atoms with Crippen LogP contribution in [0.2, 0.25) is 0 Å². The zero-order valence-corrected chi connectivity index (χ0v) is 15.9. The van der Waals surface area contributed by atoms with Crippen molar-refractivity contribution < 1.29 is 4.84 Å². The smallest absolute Gasteiger partial charge is 0.102 e. The summed E-state index contributed by atoms with van der Waals surface area (Å²) in [5.74, 6) is 0.439. The third kappa shape index (κ3) is 5.69. The summed E-state index contributed by atoms with van der Waals surface area (Å²) in [6.45, 7) is 13.3. The number of hydrogen-bond acceptors (Lipinski definition) is 2. The Balaban J connectivity index is 0.00000312. The highest BCUT2D eigenvalue weighted by atomic mass is 16.7. The van der Waals surface area contributed by atoms with Crippen molar-refractivity contribution in [2.45, 2.75) is 66.7 Å². The van der Waals surface area contributed by atoms with Crippen molar-refractivity contribution in [3.8, 4) is 0 Å². The molecular weight excluding hydrogens is 306 g/mol. The van der Waals surface area contributed by atoms with E-state index in [4.69, 9.17) is 4.84 Å². The van der Waals surface area contributed by atoms with Gasteiger partial charge in [0, 0.05) is 5.54 Å². The van der Waals surface area contributed by atoms with Gasteiger partial charge in [-0.05, 0) is 44.7 Å². The molecule has 2 atom stereocenters. The second-order valence-corrected chi connectivity index (χ2v) is 7.75. The van der Waals surface area contributed by atoms with Crippen molar-refractivity contribution in [2.75, 3.05) is 0 Å². The quantitative estimate of drug-likeness (QED) is 0.535. The van der Waals surface area contributed by atoms with Gasteiger partial charge in [-0.1, -0.05) is 81.9 Å². The largest absolute Gasteiger partial charge is 0.290 e. The molecule has 0 aliphatic rings. The van der Waals surface area contributed by atoms with Crippen LogP contribution in [0.5, 0.6) is 0 Å². The Kier molecular flexibility index (Phi) is 7.85. The van der Waals surface area contributed by atoms with Crippen LogP contribution >= 0.6 is 0 Å². The maximum absolute atomic E-state index is 6.51. The number of hydroxylamine groups is 2. The predicted octanol–water partition coefficient (Wildman–Crippen LogP) is 6.81. The maximum Gasteiger partial charge on any atom is 0.102 e. The highest BCUT2D eigenvalue weighted by Gasteiger charge is 2.34. The normalized spacial score (nSPS) is 14.2. The molecule has 2 heteroatoms. The summed E-state index contributed by atoms with van der Waals surface area (Å²) in [6.07, 6.45) is 0.00962. The Morgan fingerprint density at radius 2 is 1.20 bits per heavy atom. The zero-order valence-electron chi connectivity index (χ0n) is 15.9. The summed E-state index contributed by atoms with van der Waals surface area (Å²) in [7, 11) is 0. The van der Waals surface area contributed by atoms with Gasteiger partial charge in [-0.3, -0.25) is 4.84 Å². The van der Waals surface area contributed by atoms with Crippen molar-refractivity contribution in [1.29, 1.82) is 0 Å². The molecule has 0 saturated heterocycles. The molecule has 2 rings (SSSR count). The van der Waals surface area contributed by atoms with Crippen LogP contribution in [-0.4, -0.2) is 10.6 Å². The average molecular weight is 342 g/mol. The molecule has 25 heavy (non-hydrogen) atoms. The summed E-state index contributed by atoms with van der Waals surface area (Å²) in [5, 5.41) is 2.19. The first-order valence-electron chi connectivity index (χ1n) is 8.86. The van der Waals surface area contributed by atoms with Crippen molar-refractivity contribution >= 4 is 0 Å². The van der Waals surface area contributed by atoms with Gasteiger partial charge in [-0.2, -0.15) is 5.06 Å². The minimum Gasteiger partial charge on any atom is -0.290 e. The van der Waals surface area contributed by atoms with Gasteiger partial charge in [0.2, 0.25) is 0 Å². The molecule has 0 aromatic heterocycles. The monoisotopic (exact) mass is 341 g/mol. The van der Waals surface area contributed by atoms with Crippen LogP contribution in [0.25, 0.3) is 0 Å². The highest BCUT2D eigenvalue weighted by Crippen LogP contribution is 2.36. The lowest BCUT2D eigenvalue weighted by atomic mass is 9.92. The molecule has 0 heterocycles. The first kappa shape index (κ1) is 21.4. The van der Waals surface area contributed by atoms with Gasteiger partial charge in [0.05, 0.1) is 6.04 Å². The lowest BCUT2D eigenvalue weighted by Crippen LogP contribution is -2.46. The van der Waals surface area contributed by atoms with Gasteiger partial charge in [0.15, 0.2) is 0 Å². The van der Waals surface area contributed by atoms with Crippen LogP contribution in [0.1, 0.15) is 72.2 Å². The Morgan fingerprint density at radius 3 is 1.60 bits per heavy atom. The average Bonchev–Trinajstić information content (AvgIpc) is 2.55. The molecule has 0 saturated carbocycles. The Hall–Kier alpha value is -1.64. The zero-order chi connectivity index (χ0) is 17.7. The van der Waals surface area contributed by atoms with Gasteiger partial charge in [-0.25, -0.2) is 0 Å². The van der Waals surface area contributed by atoms with E-state index in [1.807, 2.05) is 6.07 Å². The lowest BCUT2D eigenvalue weighted by molar-refractivity contribution is -0.272. The number of nitrogens with zero attached hydrogens (tertiary/aromatic N) is 1. The molecule has 0 radical (unpaired) electrons. The minimum atomic E-state index is -0.103. The van der Waals surface area contributed by atoms with E-state index in [1.165, 1.54) is 11.1 Å². The molecule has 138 valence electrons. The predicted molar refractivity (Wildman–Crippen MR) is 108 cm³/mol. The molecule has 0 amide bonds. The lowest BCUT2D eigenvalue weighted by Gasteiger charge is -2.43. The first-order valence-corrected chi connectivity index (χ1v) is 8.86. The van der Waals surface area contributed by atoms with Crippen LogP contribution in [-0.2, 0) is 4.84 Å². The van der Waals surface area contributed by atoms with E-state index < -0.39 is 0 Å². The first-order chi connectivity index (χ1) is 11.3. The highest BCUT2D eigenvalue weighted by molar-refractivity contribution is 5.20. The summed E-state index contributed by atoms with van der Waals surface area (Å²) >= 11 is 0. The molecule has 2 unspecified atom stereocenters. The second-order valence-electron chi connectivity index (χ2n) is 7.75. The van der Waals surface area contributed by atoms with E-state index in [2.05, 4.69) is 101 Å². The van der Waals surface area contributed by atoms with Gasteiger partial charge < -0.3 is 0 Å². The van der Waals surface area contributed by atoms with Gasteiger partial charge in [0.25, 0.3) is 0 Å². The topological polar surface area (TPSA) is 12.5 Å². The SMILES string of the molecule is C.CC(ON(C(c1ccccc1)C(C)C)C(C)(C)C)c1ccccc1. The van der Waals surface area contributed by atoms with Crippen molar-refractivity contribution in [3.63, 3.8) is 0 Å². The fourth-order valence-corrected chi connectivity index (χ4v) is 3.04. The van der Waals surface area contributed by atoms with E-state index in [1.54, 1.807) is 0 Å². The summed E-state index contributed by atoms with van der Waals surface area (Å²) in [5.41, 5.74) is 2.39. The van der Waals surface area contributed by atoms with E-state index in [-0.39, 0.29) is 25.1 Å². The van der Waals surface area contributed by atoms with Crippen molar-refractivity contribution in [2.24, 2.45) is 5.92 Å². The van der Waals surface area contributed by atoms with Crippen LogP contribution in [0.15, 0.2) is 60.7 Å². The van der Waals surface area contributed by atoms with Gasteiger partial charge in [0.1, 0.15) is 6.10 Å². The van der Waals surface area contributed by atoms with Crippen LogP contribution < -0.4 is 0 Å². The molecule has 0 bridgehead atoms. The third-order valence-electron chi connectivity index (χ3n) is 4.23. The standard InChI is InChI=1S/C22H31NO.CH4/c1-17(2)21(20-15-11-8-12-16-20)23(22(4,5)6)24-18(3)19-13-9-7-10-14-19;/h7-18,21H,1-6H3;1H4. The number of rotatable bonds is 6. The van der Waals surface area contributed by atoms with E-state index in [0.29, 0.717) is 5.92 Å². The van der Waals surface area contributed by atoms with Crippen LogP contribution in [0.3, 0.4) is 0 Å². The summed E-state index contributed by atoms with van der Waals surface area (Å²) < 4.78 is 0. The van der Waals surface area contributed by atoms with Gasteiger partial charge in [-0.15, -0.1) is 0 Å². The van der Waals surface area contributed by atoms with Crippen LogP contribution in [0, 0.1) is 5.92 Å². The third-order valence-corrected chi connectivity index (χ3v) is 4.23. The molecule has 0 fully saturated rings. The fourth-order valence-electron chi connectivity index (χ4n) is 3.04. The molecule has 2 nitrogen and oxygen atoms in total. The Morgan fingerprint density at radius 1 is 0.760 bits per heavy atom. The Bertz CT molecular complexity index is 601. The van der Waals surface area contributed by atoms with E-state index >= 15 is 0 Å². The van der Waals surface area contributed by atoms with Gasteiger partial charge >= 0.3 is 0 Å². The molecule has 0 aliphatic heterocycles. The maximum atomic E-state index is 6.51. The fraction of sp³-hybridized carbons (Fsp3) is 0.478. The minimum absolute atomic E-state index is 0. The molecule has 0 aliphatic carbocycles. The van der Waals surface area contributed by atoms with Crippen LogP contribution in [0.4, 0.5) is 0 Å². The summed E-state index contributed by atoms with van der Waals surface area (Å²) in [4.78, 5) is 6.51. The molecule has 0 spiro atoms. The number of hydrogen-bond donors (Lipinski definition) is 0. The molecule has 2 aromatic carbocycles. The number of benzene rings is 2. The van der Waals surface area contributed by atoms with Crippen molar-refractivity contribution in [1.82, 2.24) is 5.06 Å². The molecule has 0 N–H and O–H groups in total. The molecular formula is C23H35NO. The summed E-state index contributed by atoms with van der Waals surface area (Å²) in [6, 6.07) is 21.3. The van der Waals surface area contributed by atoms with E-state index in [0.717, 1.165) is 0 Å². The molecule has 2 aromatic rings. The Labute approximate surface area is 154 Å². The second kappa shape index (κ2) is 9.17. The van der Waals surface area contributed by atoms with Crippen molar-refractivity contribution in [3.05, 3.63) is 71.8 Å². The van der Waals surface area contributed by atoms with E-state index in [9.17, 15) is 0 Å².